The Labute approximate surface area is 136 Å². The van der Waals surface area contributed by atoms with Crippen molar-refractivity contribution in [2.24, 2.45) is 11.7 Å². The molecule has 1 aromatic heterocycles. The van der Waals surface area contributed by atoms with Crippen molar-refractivity contribution in [2.45, 2.75) is 39.3 Å². The zero-order valence-electron chi connectivity index (χ0n) is 12.4. The first-order valence-corrected chi connectivity index (χ1v) is 7.92. The fourth-order valence-corrected chi connectivity index (χ4v) is 2.92. The average molecular weight is 326 g/mol. The largest absolute Gasteiger partial charge is 0.333 e. The average Bonchev–Trinajstić information content (AvgIpc) is 2.85. The van der Waals surface area contributed by atoms with E-state index >= 15 is 0 Å². The molecule has 2 N–H and O–H groups in total. The van der Waals surface area contributed by atoms with E-state index in [0.29, 0.717) is 16.0 Å². The van der Waals surface area contributed by atoms with E-state index in [9.17, 15) is 0 Å². The SMILES string of the molecule is CC(C)CC(N)c1cncn1CCc1ccc(Cl)cc1Cl. The van der Waals surface area contributed by atoms with Crippen LogP contribution in [-0.4, -0.2) is 9.55 Å². The van der Waals surface area contributed by atoms with Gasteiger partial charge < -0.3 is 10.3 Å². The van der Waals surface area contributed by atoms with Crippen LogP contribution in [0.3, 0.4) is 0 Å². The molecule has 0 saturated carbocycles. The summed E-state index contributed by atoms with van der Waals surface area (Å²) in [5.74, 6) is 0.564. The van der Waals surface area contributed by atoms with Crippen molar-refractivity contribution in [3.63, 3.8) is 0 Å². The molecule has 1 unspecified atom stereocenters. The molecule has 0 saturated heterocycles. The van der Waals surface area contributed by atoms with Gasteiger partial charge in [0.15, 0.2) is 0 Å². The summed E-state index contributed by atoms with van der Waals surface area (Å²) in [6.07, 6.45) is 5.47. The third-order valence-electron chi connectivity index (χ3n) is 3.49. The van der Waals surface area contributed by atoms with Gasteiger partial charge in [-0.05, 0) is 36.5 Å². The number of benzene rings is 1. The Kier molecular flexibility index (Phi) is 5.68. The first-order chi connectivity index (χ1) is 9.97. The number of rotatable bonds is 6. The fraction of sp³-hybridized carbons (Fsp3) is 0.438. The van der Waals surface area contributed by atoms with Gasteiger partial charge in [-0.2, -0.15) is 0 Å². The molecule has 1 aromatic carbocycles. The van der Waals surface area contributed by atoms with Crippen LogP contribution in [0.5, 0.6) is 0 Å². The Morgan fingerprint density at radius 1 is 1.29 bits per heavy atom. The second-order valence-corrected chi connectivity index (χ2v) is 6.58. The molecule has 0 bridgehead atoms. The molecule has 3 nitrogen and oxygen atoms in total. The van der Waals surface area contributed by atoms with Gasteiger partial charge in [0.25, 0.3) is 0 Å². The Morgan fingerprint density at radius 2 is 2.05 bits per heavy atom. The van der Waals surface area contributed by atoms with E-state index in [2.05, 4.69) is 23.4 Å². The quantitative estimate of drug-likeness (QED) is 0.850. The maximum absolute atomic E-state index is 6.26. The van der Waals surface area contributed by atoms with E-state index in [4.69, 9.17) is 28.9 Å². The standard InChI is InChI=1S/C16H21Cl2N3/c1-11(2)7-15(19)16-9-20-10-21(16)6-5-12-3-4-13(17)8-14(12)18/h3-4,8-11,15H,5-7,19H2,1-2H3. The molecule has 0 spiro atoms. The van der Waals surface area contributed by atoms with E-state index in [1.165, 1.54) is 0 Å². The molecule has 0 aliphatic heterocycles. The van der Waals surface area contributed by atoms with Crippen LogP contribution >= 0.6 is 23.2 Å². The van der Waals surface area contributed by atoms with E-state index in [1.54, 1.807) is 6.07 Å². The highest BCUT2D eigenvalue weighted by Crippen LogP contribution is 2.23. The smallest absolute Gasteiger partial charge is 0.0948 e. The third kappa shape index (κ3) is 4.47. The molecular formula is C16H21Cl2N3. The molecule has 0 aliphatic carbocycles. The predicted molar refractivity (Wildman–Crippen MR) is 88.8 cm³/mol. The summed E-state index contributed by atoms with van der Waals surface area (Å²) in [6, 6.07) is 5.63. The predicted octanol–water partition coefficient (Wildman–Crippen LogP) is 4.48. The molecule has 1 heterocycles. The van der Waals surface area contributed by atoms with E-state index in [0.717, 1.165) is 30.6 Å². The van der Waals surface area contributed by atoms with Gasteiger partial charge in [0.2, 0.25) is 0 Å². The molecule has 1 atom stereocenters. The number of aryl methyl sites for hydroxylation is 2. The zero-order valence-corrected chi connectivity index (χ0v) is 13.9. The molecule has 0 amide bonds. The first-order valence-electron chi connectivity index (χ1n) is 7.17. The number of nitrogens with zero attached hydrogens (tertiary/aromatic N) is 2. The van der Waals surface area contributed by atoms with Crippen LogP contribution in [0.4, 0.5) is 0 Å². The van der Waals surface area contributed by atoms with Crippen LogP contribution in [-0.2, 0) is 13.0 Å². The van der Waals surface area contributed by atoms with Gasteiger partial charge in [0.05, 0.1) is 12.0 Å². The van der Waals surface area contributed by atoms with Crippen molar-refractivity contribution >= 4 is 23.2 Å². The van der Waals surface area contributed by atoms with Crippen LogP contribution in [0.15, 0.2) is 30.7 Å². The summed E-state index contributed by atoms with van der Waals surface area (Å²) in [5, 5.41) is 1.36. The molecule has 114 valence electrons. The van der Waals surface area contributed by atoms with E-state index < -0.39 is 0 Å². The van der Waals surface area contributed by atoms with E-state index in [1.807, 2.05) is 24.7 Å². The number of halogens is 2. The van der Waals surface area contributed by atoms with Crippen LogP contribution in [0.25, 0.3) is 0 Å². The molecular weight excluding hydrogens is 305 g/mol. The van der Waals surface area contributed by atoms with Gasteiger partial charge in [-0.25, -0.2) is 4.98 Å². The van der Waals surface area contributed by atoms with Crippen LogP contribution in [0, 0.1) is 5.92 Å². The highest BCUT2D eigenvalue weighted by molar-refractivity contribution is 6.35. The number of aromatic nitrogens is 2. The Bertz CT molecular complexity index is 593. The van der Waals surface area contributed by atoms with Gasteiger partial charge >= 0.3 is 0 Å². The number of hydrogen-bond donors (Lipinski definition) is 1. The number of nitrogens with two attached hydrogens (primary N) is 1. The minimum absolute atomic E-state index is 0.0215. The molecule has 0 radical (unpaired) electrons. The third-order valence-corrected chi connectivity index (χ3v) is 4.07. The minimum atomic E-state index is 0.0215. The van der Waals surface area contributed by atoms with Gasteiger partial charge in [0, 0.05) is 28.8 Å². The van der Waals surface area contributed by atoms with Crippen molar-refractivity contribution in [1.82, 2.24) is 9.55 Å². The Hall–Kier alpha value is -1.03. The van der Waals surface area contributed by atoms with Crippen molar-refractivity contribution in [1.29, 1.82) is 0 Å². The topological polar surface area (TPSA) is 43.8 Å². The van der Waals surface area contributed by atoms with E-state index in [-0.39, 0.29) is 6.04 Å². The lowest BCUT2D eigenvalue weighted by Crippen LogP contribution is -2.17. The van der Waals surface area contributed by atoms with Crippen LogP contribution in [0.2, 0.25) is 10.0 Å². The van der Waals surface area contributed by atoms with Crippen LogP contribution in [0.1, 0.15) is 37.6 Å². The number of hydrogen-bond acceptors (Lipinski definition) is 2. The highest BCUT2D eigenvalue weighted by Gasteiger charge is 2.13. The van der Waals surface area contributed by atoms with Crippen molar-refractivity contribution in [3.8, 4) is 0 Å². The lowest BCUT2D eigenvalue weighted by molar-refractivity contribution is 0.483. The Morgan fingerprint density at radius 3 is 2.71 bits per heavy atom. The van der Waals surface area contributed by atoms with Gasteiger partial charge in [-0.15, -0.1) is 0 Å². The summed E-state index contributed by atoms with van der Waals surface area (Å²) < 4.78 is 2.11. The second-order valence-electron chi connectivity index (χ2n) is 5.73. The summed E-state index contributed by atoms with van der Waals surface area (Å²) in [7, 11) is 0. The van der Waals surface area contributed by atoms with Crippen molar-refractivity contribution in [3.05, 3.63) is 52.0 Å². The first kappa shape index (κ1) is 16.3. The maximum atomic E-state index is 6.26. The molecule has 0 fully saturated rings. The van der Waals surface area contributed by atoms with Crippen molar-refractivity contribution in [2.75, 3.05) is 0 Å². The van der Waals surface area contributed by atoms with Gasteiger partial charge in [-0.1, -0.05) is 43.1 Å². The van der Waals surface area contributed by atoms with Gasteiger partial charge in [0.1, 0.15) is 0 Å². The van der Waals surface area contributed by atoms with Crippen LogP contribution < -0.4 is 5.73 Å². The van der Waals surface area contributed by atoms with Gasteiger partial charge in [-0.3, -0.25) is 0 Å². The fourth-order valence-electron chi connectivity index (χ4n) is 2.42. The van der Waals surface area contributed by atoms with Crippen molar-refractivity contribution < 1.29 is 0 Å². The molecule has 5 heteroatoms. The molecule has 0 aliphatic rings. The normalized spacial score (nSPS) is 12.9. The lowest BCUT2D eigenvalue weighted by Gasteiger charge is -2.16. The molecule has 2 rings (SSSR count). The Balaban J connectivity index is 2.05. The minimum Gasteiger partial charge on any atom is -0.333 e. The molecule has 2 aromatic rings. The summed E-state index contributed by atoms with van der Waals surface area (Å²) in [6.45, 7) is 5.16. The number of imidazole rings is 1. The summed E-state index contributed by atoms with van der Waals surface area (Å²) in [4.78, 5) is 4.23. The highest BCUT2D eigenvalue weighted by atomic mass is 35.5. The summed E-state index contributed by atoms with van der Waals surface area (Å²) >= 11 is 12.1. The monoisotopic (exact) mass is 325 g/mol. The summed E-state index contributed by atoms with van der Waals surface area (Å²) in [5.41, 5.74) is 8.41. The second kappa shape index (κ2) is 7.30. The molecule has 21 heavy (non-hydrogen) atoms. The lowest BCUT2D eigenvalue weighted by atomic mass is 10.0. The maximum Gasteiger partial charge on any atom is 0.0948 e. The zero-order chi connectivity index (χ0) is 15.4.